The van der Waals surface area contributed by atoms with Crippen LogP contribution in [0.2, 0.25) is 0 Å². The molecule has 1 fully saturated rings. The van der Waals surface area contributed by atoms with E-state index < -0.39 is 5.41 Å². The van der Waals surface area contributed by atoms with E-state index in [-0.39, 0.29) is 12.5 Å². The van der Waals surface area contributed by atoms with Gasteiger partial charge in [-0.3, -0.25) is 4.79 Å². The lowest BCUT2D eigenvalue weighted by atomic mass is 9.77. The quantitative estimate of drug-likeness (QED) is 0.865. The molecule has 134 valence electrons. The molecule has 1 saturated carbocycles. The molecule has 5 nitrogen and oxygen atoms in total. The van der Waals surface area contributed by atoms with Crippen LogP contribution in [0.3, 0.4) is 0 Å². The molecule has 0 unspecified atom stereocenters. The number of hydrogen-bond donors (Lipinski definition) is 1. The number of nitrogens with zero attached hydrogens (tertiary/aromatic N) is 2. The molecule has 1 N–H and O–H groups in total. The van der Waals surface area contributed by atoms with Crippen LogP contribution in [0.15, 0.2) is 28.7 Å². The van der Waals surface area contributed by atoms with Gasteiger partial charge in [-0.15, -0.1) is 10.2 Å². The molecule has 0 aliphatic heterocycles. The second-order valence-corrected chi connectivity index (χ2v) is 7.19. The number of aromatic nitrogens is 2. The van der Waals surface area contributed by atoms with Crippen LogP contribution in [-0.2, 0) is 23.2 Å². The van der Waals surface area contributed by atoms with Gasteiger partial charge >= 0.3 is 0 Å². The summed E-state index contributed by atoms with van der Waals surface area (Å²) in [6.07, 6.45) is 4.65. The Balaban J connectivity index is 1.75. The molecule has 5 heteroatoms. The van der Waals surface area contributed by atoms with Crippen molar-refractivity contribution < 1.29 is 9.21 Å². The summed E-state index contributed by atoms with van der Waals surface area (Å²) in [6.45, 7) is 6.62. The van der Waals surface area contributed by atoms with Gasteiger partial charge in [-0.2, -0.15) is 0 Å². The first-order chi connectivity index (χ1) is 12.0. The summed E-state index contributed by atoms with van der Waals surface area (Å²) in [4.78, 5) is 13.0. The van der Waals surface area contributed by atoms with Gasteiger partial charge < -0.3 is 9.73 Å². The van der Waals surface area contributed by atoms with Crippen molar-refractivity contribution in [2.75, 3.05) is 0 Å². The van der Waals surface area contributed by atoms with E-state index in [0.29, 0.717) is 24.1 Å². The fraction of sp³-hybridized carbons (Fsp3) is 0.550. The predicted molar refractivity (Wildman–Crippen MR) is 96.2 cm³/mol. The smallest absolute Gasteiger partial charge is 0.235 e. The Hall–Kier alpha value is -2.17. The first-order valence-corrected chi connectivity index (χ1v) is 9.25. The minimum absolute atomic E-state index is 0.0681. The molecule has 2 aromatic rings. The number of rotatable bonds is 6. The number of carbonyl (C=O) groups excluding carboxylic acids is 1. The number of carbonyl (C=O) groups is 1. The second-order valence-electron chi connectivity index (χ2n) is 7.19. The number of aryl methyl sites for hydroxylation is 1. The third-order valence-corrected chi connectivity index (χ3v) is 5.23. The van der Waals surface area contributed by atoms with Crippen LogP contribution < -0.4 is 5.32 Å². The van der Waals surface area contributed by atoms with Crippen LogP contribution in [0.4, 0.5) is 0 Å². The number of hydrogen-bond acceptors (Lipinski definition) is 4. The second kappa shape index (κ2) is 7.38. The fourth-order valence-electron chi connectivity index (χ4n) is 3.64. The highest BCUT2D eigenvalue weighted by Crippen LogP contribution is 2.41. The lowest BCUT2D eigenvalue weighted by Gasteiger charge is -2.28. The minimum Gasteiger partial charge on any atom is -0.423 e. The number of amides is 1. The molecule has 0 bridgehead atoms. The summed E-state index contributed by atoms with van der Waals surface area (Å²) in [7, 11) is 0. The van der Waals surface area contributed by atoms with Gasteiger partial charge in [-0.05, 0) is 29.9 Å². The normalized spacial score (nSPS) is 16.3. The molecule has 0 spiro atoms. The zero-order valence-electron chi connectivity index (χ0n) is 15.3. The van der Waals surface area contributed by atoms with Gasteiger partial charge in [0.1, 0.15) is 0 Å². The molecule has 1 heterocycles. The van der Waals surface area contributed by atoms with E-state index in [2.05, 4.69) is 53.6 Å². The molecule has 1 amide bonds. The van der Waals surface area contributed by atoms with Crippen molar-refractivity contribution in [1.29, 1.82) is 0 Å². The number of nitrogens with one attached hydrogen (secondary N) is 1. The van der Waals surface area contributed by atoms with Crippen molar-refractivity contribution in [3.8, 4) is 0 Å². The van der Waals surface area contributed by atoms with Crippen molar-refractivity contribution in [2.24, 2.45) is 0 Å². The molecule has 3 rings (SSSR count). The van der Waals surface area contributed by atoms with Gasteiger partial charge in [0.05, 0.1) is 12.0 Å². The Morgan fingerprint density at radius 1 is 1.16 bits per heavy atom. The van der Waals surface area contributed by atoms with Gasteiger partial charge in [0.2, 0.25) is 17.7 Å². The maximum absolute atomic E-state index is 13.0. The molecule has 1 aliphatic rings. The monoisotopic (exact) mass is 341 g/mol. The molecule has 1 aliphatic carbocycles. The van der Waals surface area contributed by atoms with E-state index >= 15 is 0 Å². The Kier molecular flexibility index (Phi) is 5.21. The van der Waals surface area contributed by atoms with Crippen molar-refractivity contribution in [1.82, 2.24) is 15.5 Å². The first-order valence-electron chi connectivity index (χ1n) is 9.25. The molecule has 0 saturated heterocycles. The molecule has 1 aromatic carbocycles. The Morgan fingerprint density at radius 2 is 1.80 bits per heavy atom. The highest BCUT2D eigenvalue weighted by molar-refractivity contribution is 5.88. The van der Waals surface area contributed by atoms with E-state index in [1.807, 2.05) is 6.92 Å². The maximum atomic E-state index is 13.0. The van der Waals surface area contributed by atoms with Gasteiger partial charge in [-0.25, -0.2) is 0 Å². The minimum atomic E-state index is -0.427. The average Bonchev–Trinajstić information content (AvgIpc) is 3.29. The molecule has 1 aromatic heterocycles. The lowest BCUT2D eigenvalue weighted by molar-refractivity contribution is -0.127. The van der Waals surface area contributed by atoms with Gasteiger partial charge in [0.15, 0.2) is 0 Å². The van der Waals surface area contributed by atoms with Crippen LogP contribution in [0.25, 0.3) is 0 Å². The van der Waals surface area contributed by atoms with Crippen LogP contribution >= 0.6 is 0 Å². The standard InChI is InChI=1S/C20H27N3O2/c1-4-17-22-23-18(25-17)13-21-19(24)20(11-5-6-12-20)16-9-7-15(8-10-16)14(2)3/h7-10,14H,4-6,11-13H2,1-3H3,(H,21,24). The first kappa shape index (κ1) is 17.6. The van der Waals surface area contributed by atoms with Gasteiger partial charge in [0, 0.05) is 6.42 Å². The zero-order chi connectivity index (χ0) is 17.9. The van der Waals surface area contributed by atoms with Crippen molar-refractivity contribution in [3.63, 3.8) is 0 Å². The molecular formula is C20H27N3O2. The fourth-order valence-corrected chi connectivity index (χ4v) is 3.64. The van der Waals surface area contributed by atoms with Gasteiger partial charge in [0.25, 0.3) is 0 Å². The van der Waals surface area contributed by atoms with E-state index in [9.17, 15) is 4.79 Å². The summed E-state index contributed by atoms with van der Waals surface area (Å²) in [5.41, 5.74) is 1.99. The Labute approximate surface area is 149 Å². The highest BCUT2D eigenvalue weighted by atomic mass is 16.4. The SMILES string of the molecule is CCc1nnc(CNC(=O)C2(c3ccc(C(C)C)cc3)CCCC2)o1. The summed E-state index contributed by atoms with van der Waals surface area (Å²) >= 11 is 0. The van der Waals surface area contributed by atoms with Crippen LogP contribution in [-0.4, -0.2) is 16.1 Å². The van der Waals surface area contributed by atoms with Gasteiger partial charge in [-0.1, -0.05) is 57.9 Å². The Bertz CT molecular complexity index is 713. The van der Waals surface area contributed by atoms with Crippen LogP contribution in [0, 0.1) is 0 Å². The van der Waals surface area contributed by atoms with Crippen LogP contribution in [0.5, 0.6) is 0 Å². The maximum Gasteiger partial charge on any atom is 0.235 e. The van der Waals surface area contributed by atoms with Crippen molar-refractivity contribution in [3.05, 3.63) is 47.2 Å². The topological polar surface area (TPSA) is 68.0 Å². The predicted octanol–water partition coefficient (Wildman–Crippen LogP) is 3.88. The zero-order valence-corrected chi connectivity index (χ0v) is 15.3. The molecule has 25 heavy (non-hydrogen) atoms. The Morgan fingerprint density at radius 3 is 2.36 bits per heavy atom. The number of benzene rings is 1. The van der Waals surface area contributed by atoms with Crippen LogP contribution in [0.1, 0.15) is 75.3 Å². The summed E-state index contributed by atoms with van der Waals surface area (Å²) < 4.78 is 5.49. The molecule has 0 radical (unpaired) electrons. The molecule has 0 atom stereocenters. The summed E-state index contributed by atoms with van der Waals surface area (Å²) in [5, 5.41) is 10.9. The molecular weight excluding hydrogens is 314 g/mol. The third-order valence-electron chi connectivity index (χ3n) is 5.23. The lowest BCUT2D eigenvalue weighted by Crippen LogP contribution is -2.42. The average molecular weight is 341 g/mol. The van der Waals surface area contributed by atoms with E-state index in [0.717, 1.165) is 31.2 Å². The van der Waals surface area contributed by atoms with E-state index in [1.165, 1.54) is 5.56 Å². The van der Waals surface area contributed by atoms with E-state index in [4.69, 9.17) is 4.42 Å². The highest BCUT2D eigenvalue weighted by Gasteiger charge is 2.42. The summed E-state index contributed by atoms with van der Waals surface area (Å²) in [5.74, 6) is 1.63. The third kappa shape index (κ3) is 3.60. The van der Waals surface area contributed by atoms with Crippen molar-refractivity contribution in [2.45, 2.75) is 70.8 Å². The summed E-state index contributed by atoms with van der Waals surface area (Å²) in [6, 6.07) is 8.56. The van der Waals surface area contributed by atoms with E-state index in [1.54, 1.807) is 0 Å². The van der Waals surface area contributed by atoms with Crippen molar-refractivity contribution >= 4 is 5.91 Å². The largest absolute Gasteiger partial charge is 0.423 e.